The lowest BCUT2D eigenvalue weighted by Gasteiger charge is -2.44. The first-order chi connectivity index (χ1) is 29.8. The molecule has 4 aliphatic heterocycles. The molecule has 4 saturated heterocycles. The molecule has 4 heterocycles. The zero-order valence-electron chi connectivity index (χ0n) is 38.1. The summed E-state index contributed by atoms with van der Waals surface area (Å²) in [6.45, 7) is 8.70. The van der Waals surface area contributed by atoms with Crippen LogP contribution in [-0.2, 0) is 54.0 Å². The van der Waals surface area contributed by atoms with E-state index < -0.39 is 24.6 Å². The summed E-state index contributed by atoms with van der Waals surface area (Å²) in [7, 11) is 9.12. The lowest BCUT2D eigenvalue weighted by atomic mass is 9.66. The standard InChI is InChI=1S/C48H70BrFN2O10/c1-10-29-12-11-13-38(62-40-17-16-37(51(5)6)25(3)58-40)24(2)44(54)35-21-32-31-19-30(61-48-47(57-9)46(56-8)45(55-7)26(4)59-48)20-34(31)42-43(41(32)33(35)22-39(53)60-29)52(42)23-27-18-28(50)14-15-36(27)49/h14-15,18,21,24-26,29-34,37-38,40-43,45-48H,10-13,16-17,19-20,22-23H2,1-9H3/t24-,25?,26?,29+,30+,31+,32+,33-,34-,37+,38+,40+,41-,42+,43-,45+,46-,47?,48+,52?/m1/s1. The number of fused-ring (bicyclic) bond motifs is 8. The number of methoxy groups -OCH3 is 3. The first-order valence-electron chi connectivity index (χ1n) is 23.3. The molecule has 7 aliphatic rings. The molecule has 0 radical (unpaired) electrons. The van der Waals surface area contributed by atoms with E-state index in [0.29, 0.717) is 25.4 Å². The van der Waals surface area contributed by atoms with E-state index in [-0.39, 0.29) is 108 Å². The van der Waals surface area contributed by atoms with Gasteiger partial charge in [-0.1, -0.05) is 35.9 Å². The summed E-state index contributed by atoms with van der Waals surface area (Å²) in [5.41, 5.74) is 1.61. The molecule has 8 rings (SSSR count). The zero-order chi connectivity index (χ0) is 44.1. The van der Waals surface area contributed by atoms with Crippen LogP contribution in [0.1, 0.15) is 91.0 Å². The summed E-state index contributed by atoms with van der Waals surface area (Å²) >= 11 is 3.70. The minimum atomic E-state index is -0.663. The Labute approximate surface area is 376 Å². The molecule has 1 aromatic rings. The van der Waals surface area contributed by atoms with Gasteiger partial charge in [-0.15, -0.1) is 0 Å². The second-order valence-electron chi connectivity index (χ2n) is 19.5. The number of benzene rings is 1. The monoisotopic (exact) mass is 932 g/mol. The number of hydrogen-bond acceptors (Lipinski definition) is 12. The maximum absolute atomic E-state index is 15.2. The third kappa shape index (κ3) is 9.14. The molecule has 0 spiro atoms. The van der Waals surface area contributed by atoms with E-state index in [1.807, 2.05) is 13.8 Å². The largest absolute Gasteiger partial charge is 0.462 e. The second kappa shape index (κ2) is 19.5. The Morgan fingerprint density at radius 2 is 1.63 bits per heavy atom. The van der Waals surface area contributed by atoms with E-state index in [1.165, 1.54) is 6.07 Å². The average Bonchev–Trinajstić information content (AvgIpc) is 3.56. The van der Waals surface area contributed by atoms with Gasteiger partial charge in [0.25, 0.3) is 0 Å². The highest BCUT2D eigenvalue weighted by Gasteiger charge is 2.69. The van der Waals surface area contributed by atoms with Crippen molar-refractivity contribution < 1.29 is 51.9 Å². The number of ketones is 1. The van der Waals surface area contributed by atoms with E-state index in [1.54, 1.807) is 33.5 Å². The molecule has 0 bridgehead atoms. The number of carbonyl (C=O) groups is 2. The smallest absolute Gasteiger partial charge is 0.306 e. The van der Waals surface area contributed by atoms with Crippen molar-refractivity contribution in [1.82, 2.24) is 9.80 Å². The highest BCUT2D eigenvalue weighted by Crippen LogP contribution is 2.64. The van der Waals surface area contributed by atoms with Crippen LogP contribution in [0.5, 0.6) is 0 Å². The highest BCUT2D eigenvalue weighted by molar-refractivity contribution is 9.10. The van der Waals surface area contributed by atoms with E-state index >= 15 is 4.79 Å². The van der Waals surface area contributed by atoms with Crippen molar-refractivity contribution in [2.75, 3.05) is 35.4 Å². The number of hydrogen-bond donors (Lipinski definition) is 0. The van der Waals surface area contributed by atoms with Gasteiger partial charge >= 0.3 is 5.97 Å². The number of rotatable bonds is 11. The van der Waals surface area contributed by atoms with Crippen molar-refractivity contribution in [1.29, 1.82) is 0 Å². The molecule has 346 valence electrons. The van der Waals surface area contributed by atoms with Crippen molar-refractivity contribution in [3.05, 3.63) is 45.7 Å². The number of halogens is 2. The first-order valence-corrected chi connectivity index (χ1v) is 24.1. The number of likely N-dealkylation sites (tertiary alicyclic amines) is 1. The molecule has 62 heavy (non-hydrogen) atoms. The number of cyclic esters (lactones) is 1. The van der Waals surface area contributed by atoms with Crippen molar-refractivity contribution in [2.24, 2.45) is 35.5 Å². The quantitative estimate of drug-likeness (QED) is 0.167. The van der Waals surface area contributed by atoms with Gasteiger partial charge in [-0.2, -0.15) is 0 Å². The lowest BCUT2D eigenvalue weighted by Crippen LogP contribution is -2.59. The number of esters is 1. The summed E-state index contributed by atoms with van der Waals surface area (Å²) in [6, 6.07) is 5.41. The van der Waals surface area contributed by atoms with Crippen LogP contribution in [-0.4, -0.2) is 137 Å². The van der Waals surface area contributed by atoms with Gasteiger partial charge < -0.3 is 42.8 Å². The number of allylic oxidation sites excluding steroid dienone is 2. The minimum absolute atomic E-state index is 0.00155. The molecule has 1 aromatic carbocycles. The highest BCUT2D eigenvalue weighted by atomic mass is 79.9. The molecule has 0 N–H and O–H groups in total. The third-order valence-electron chi connectivity index (χ3n) is 15.9. The van der Waals surface area contributed by atoms with Crippen molar-refractivity contribution in [3.63, 3.8) is 0 Å². The molecule has 4 unspecified atom stereocenters. The van der Waals surface area contributed by atoms with E-state index in [2.05, 4.69) is 59.7 Å². The predicted octanol–water partition coefficient (Wildman–Crippen LogP) is 7.09. The molecule has 6 fully saturated rings. The summed E-state index contributed by atoms with van der Waals surface area (Å²) in [5.74, 6) is -0.767. The van der Waals surface area contributed by atoms with Crippen LogP contribution in [0.15, 0.2) is 34.3 Å². The Morgan fingerprint density at radius 3 is 2.32 bits per heavy atom. The third-order valence-corrected chi connectivity index (χ3v) is 16.7. The summed E-state index contributed by atoms with van der Waals surface area (Å²) in [4.78, 5) is 33.9. The Balaban J connectivity index is 1.11. The van der Waals surface area contributed by atoms with Crippen LogP contribution in [0.2, 0.25) is 0 Å². The summed E-state index contributed by atoms with van der Waals surface area (Å²) in [6.07, 6.45) is 5.31. The average molecular weight is 934 g/mol. The number of ether oxygens (including phenoxy) is 8. The molecule has 12 nitrogen and oxygen atoms in total. The van der Waals surface area contributed by atoms with E-state index in [0.717, 1.165) is 54.1 Å². The van der Waals surface area contributed by atoms with Crippen LogP contribution in [0.4, 0.5) is 4.39 Å². The molecule has 14 heteroatoms. The van der Waals surface area contributed by atoms with Gasteiger partial charge in [-0.3, -0.25) is 14.5 Å². The Morgan fingerprint density at radius 1 is 0.887 bits per heavy atom. The lowest BCUT2D eigenvalue weighted by molar-refractivity contribution is -0.314. The SMILES string of the molecule is CC[C@H]1CCC[C@H](O[C@H]2CC[C@H](N(C)C)C(C)O2)[C@@H](C)C(=O)C2=C[C@H]3[C@@H]4C[C@H](O[C@@H]5OC(C)[C@H](OC)[C@@H](OC)C5OC)C[C@H]4[C@H]4[C@@H]([C@H]3[C@@H]2CC(=O)O1)N4Cc1cc(F)ccc1Br. The molecule has 2 saturated carbocycles. The van der Waals surface area contributed by atoms with Gasteiger partial charge in [-0.05, 0) is 132 Å². The fraction of sp³-hybridized carbons (Fsp3) is 0.792. The van der Waals surface area contributed by atoms with E-state index in [4.69, 9.17) is 37.9 Å². The van der Waals surface area contributed by atoms with Gasteiger partial charge in [0, 0.05) is 62.3 Å². The van der Waals surface area contributed by atoms with Gasteiger partial charge in [0.1, 0.15) is 30.2 Å². The van der Waals surface area contributed by atoms with Crippen LogP contribution in [0, 0.1) is 41.3 Å². The Hall–Kier alpha value is -1.85. The number of likely N-dealkylation sites (N-methyl/N-ethyl adjacent to an activating group) is 1. The summed E-state index contributed by atoms with van der Waals surface area (Å²) in [5, 5.41) is 0. The maximum atomic E-state index is 15.2. The second-order valence-corrected chi connectivity index (χ2v) is 20.4. The van der Waals surface area contributed by atoms with Crippen LogP contribution in [0.3, 0.4) is 0 Å². The summed E-state index contributed by atoms with van der Waals surface area (Å²) < 4.78 is 66.1. The normalized spacial score (nSPS) is 44.6. The number of Topliss-reactive ketones (excluding diaryl/α,β-unsaturated/α-hetero) is 1. The van der Waals surface area contributed by atoms with Gasteiger partial charge in [-0.25, -0.2) is 4.39 Å². The molecule has 0 aromatic heterocycles. The number of carbonyl (C=O) groups excluding carboxylic acids is 2. The van der Waals surface area contributed by atoms with E-state index in [9.17, 15) is 9.18 Å². The maximum Gasteiger partial charge on any atom is 0.306 e. The Kier molecular flexibility index (Phi) is 14.7. The minimum Gasteiger partial charge on any atom is -0.462 e. The Bertz CT molecular complexity index is 1790. The van der Waals surface area contributed by atoms with Crippen LogP contribution in [0.25, 0.3) is 0 Å². The fourth-order valence-electron chi connectivity index (χ4n) is 12.8. The van der Waals surface area contributed by atoms with Crippen LogP contribution >= 0.6 is 15.9 Å². The molecule has 3 aliphatic carbocycles. The van der Waals surface area contributed by atoms with Crippen molar-refractivity contribution >= 4 is 27.7 Å². The number of nitrogens with zero attached hydrogens (tertiary/aromatic N) is 2. The molecule has 0 amide bonds. The van der Waals surface area contributed by atoms with Crippen molar-refractivity contribution in [2.45, 2.75) is 172 Å². The molecule has 20 atom stereocenters. The molecular formula is C48H70BrFN2O10. The van der Waals surface area contributed by atoms with Gasteiger partial charge in [0.15, 0.2) is 18.4 Å². The predicted molar refractivity (Wildman–Crippen MR) is 232 cm³/mol. The fourth-order valence-corrected chi connectivity index (χ4v) is 13.2. The zero-order valence-corrected chi connectivity index (χ0v) is 39.7. The van der Waals surface area contributed by atoms with Crippen molar-refractivity contribution in [3.8, 4) is 0 Å². The molecular weight excluding hydrogens is 863 g/mol. The van der Waals surface area contributed by atoms with Gasteiger partial charge in [0.2, 0.25) is 0 Å². The van der Waals surface area contributed by atoms with Gasteiger partial charge in [0.05, 0.1) is 30.8 Å². The topological polar surface area (TPSA) is 114 Å². The van der Waals surface area contributed by atoms with Crippen LogP contribution < -0.4 is 0 Å². The first kappa shape index (κ1) is 46.7.